The predicted molar refractivity (Wildman–Crippen MR) is 64.0 cm³/mol. The standard InChI is InChI=1S/C12H19N3O3/c16-11-4-13-12(17)15(11)10-6-14(7-10)5-9-2-1-3-18-8-9/h9-10H,1-8H2,(H,13,17). The van der Waals surface area contributed by atoms with E-state index >= 15 is 0 Å². The van der Waals surface area contributed by atoms with Crippen LogP contribution < -0.4 is 5.32 Å². The first-order valence-corrected chi connectivity index (χ1v) is 6.64. The van der Waals surface area contributed by atoms with Crippen LogP contribution in [0.15, 0.2) is 0 Å². The molecule has 1 atom stereocenters. The van der Waals surface area contributed by atoms with Crippen LogP contribution in [0.25, 0.3) is 0 Å². The molecule has 0 aromatic heterocycles. The van der Waals surface area contributed by atoms with Gasteiger partial charge in [0.25, 0.3) is 0 Å². The molecular formula is C12H19N3O3. The second-order valence-corrected chi connectivity index (χ2v) is 5.38. The van der Waals surface area contributed by atoms with E-state index in [1.165, 1.54) is 11.3 Å². The van der Waals surface area contributed by atoms with Crippen LogP contribution in [0, 0.1) is 5.92 Å². The lowest BCUT2D eigenvalue weighted by atomic mass is 9.98. The number of carbonyl (C=O) groups is 2. The van der Waals surface area contributed by atoms with E-state index in [-0.39, 0.29) is 24.5 Å². The molecule has 1 N–H and O–H groups in total. The highest BCUT2D eigenvalue weighted by atomic mass is 16.5. The normalized spacial score (nSPS) is 30.4. The molecule has 0 saturated carbocycles. The van der Waals surface area contributed by atoms with Crippen molar-refractivity contribution in [2.24, 2.45) is 5.92 Å². The third-order valence-electron chi connectivity index (χ3n) is 3.95. The van der Waals surface area contributed by atoms with Gasteiger partial charge in [0.1, 0.15) is 0 Å². The fourth-order valence-corrected chi connectivity index (χ4v) is 2.98. The molecule has 6 nitrogen and oxygen atoms in total. The van der Waals surface area contributed by atoms with Crippen molar-refractivity contribution >= 4 is 11.9 Å². The van der Waals surface area contributed by atoms with Crippen LogP contribution in [-0.2, 0) is 9.53 Å². The van der Waals surface area contributed by atoms with Gasteiger partial charge in [-0.3, -0.25) is 14.6 Å². The maximum absolute atomic E-state index is 11.5. The van der Waals surface area contributed by atoms with E-state index in [9.17, 15) is 9.59 Å². The highest BCUT2D eigenvalue weighted by Crippen LogP contribution is 2.22. The zero-order chi connectivity index (χ0) is 12.5. The summed E-state index contributed by atoms with van der Waals surface area (Å²) in [6, 6.07) is -0.157. The van der Waals surface area contributed by atoms with Gasteiger partial charge in [-0.25, -0.2) is 4.79 Å². The number of ether oxygens (including phenoxy) is 1. The number of amides is 3. The van der Waals surface area contributed by atoms with Gasteiger partial charge in [0.2, 0.25) is 5.91 Å². The topological polar surface area (TPSA) is 61.9 Å². The summed E-state index contributed by atoms with van der Waals surface area (Å²) < 4.78 is 5.46. The van der Waals surface area contributed by atoms with Gasteiger partial charge < -0.3 is 10.1 Å². The largest absolute Gasteiger partial charge is 0.381 e. The highest BCUT2D eigenvalue weighted by molar-refractivity contribution is 6.02. The molecule has 3 heterocycles. The number of hydrogen-bond donors (Lipinski definition) is 1. The van der Waals surface area contributed by atoms with Gasteiger partial charge >= 0.3 is 6.03 Å². The predicted octanol–water partition coefficient (Wildman–Crippen LogP) is -0.351. The molecule has 3 amide bonds. The average molecular weight is 253 g/mol. The molecule has 0 aromatic rings. The Morgan fingerprint density at radius 2 is 2.17 bits per heavy atom. The van der Waals surface area contributed by atoms with E-state index in [1.54, 1.807) is 0 Å². The van der Waals surface area contributed by atoms with Crippen molar-refractivity contribution in [3.05, 3.63) is 0 Å². The molecule has 0 bridgehead atoms. The summed E-state index contributed by atoms with van der Waals surface area (Å²) in [4.78, 5) is 26.7. The smallest absolute Gasteiger partial charge is 0.324 e. The fourth-order valence-electron chi connectivity index (χ4n) is 2.98. The number of likely N-dealkylation sites (tertiary alicyclic amines) is 1. The van der Waals surface area contributed by atoms with Gasteiger partial charge in [-0.1, -0.05) is 0 Å². The van der Waals surface area contributed by atoms with Gasteiger partial charge in [0.05, 0.1) is 19.2 Å². The second kappa shape index (κ2) is 4.85. The molecule has 3 saturated heterocycles. The second-order valence-electron chi connectivity index (χ2n) is 5.38. The SMILES string of the molecule is O=C1CNC(=O)N1C1CN(CC2CCCOC2)C1. The Kier molecular flexibility index (Phi) is 3.22. The quantitative estimate of drug-likeness (QED) is 0.698. The molecule has 0 aromatic carbocycles. The van der Waals surface area contributed by atoms with Crippen molar-refractivity contribution in [1.82, 2.24) is 15.1 Å². The minimum atomic E-state index is -0.231. The van der Waals surface area contributed by atoms with Crippen molar-refractivity contribution in [2.75, 3.05) is 39.4 Å². The Morgan fingerprint density at radius 3 is 2.78 bits per heavy atom. The van der Waals surface area contributed by atoms with Crippen molar-refractivity contribution in [2.45, 2.75) is 18.9 Å². The van der Waals surface area contributed by atoms with E-state index in [1.807, 2.05) is 0 Å². The number of imide groups is 1. The van der Waals surface area contributed by atoms with Gasteiger partial charge in [0, 0.05) is 26.2 Å². The molecular weight excluding hydrogens is 234 g/mol. The first kappa shape index (κ1) is 11.9. The summed E-state index contributed by atoms with van der Waals surface area (Å²) in [6.45, 7) is 4.56. The number of nitrogens with one attached hydrogen (secondary N) is 1. The summed E-state index contributed by atoms with van der Waals surface area (Å²) in [7, 11) is 0. The first-order valence-electron chi connectivity index (χ1n) is 6.64. The Labute approximate surface area is 106 Å². The molecule has 0 aliphatic carbocycles. The minimum Gasteiger partial charge on any atom is -0.381 e. The van der Waals surface area contributed by atoms with Crippen molar-refractivity contribution in [3.8, 4) is 0 Å². The molecule has 100 valence electrons. The molecule has 1 unspecified atom stereocenters. The minimum absolute atomic E-state index is 0.0736. The van der Waals surface area contributed by atoms with Gasteiger partial charge in [0.15, 0.2) is 0 Å². The van der Waals surface area contributed by atoms with Gasteiger partial charge in [-0.15, -0.1) is 0 Å². The van der Waals surface area contributed by atoms with Crippen LogP contribution in [0.4, 0.5) is 4.79 Å². The Morgan fingerprint density at radius 1 is 1.33 bits per heavy atom. The molecule has 3 rings (SSSR count). The Bertz CT molecular complexity index is 332. The molecule has 6 heteroatoms. The van der Waals surface area contributed by atoms with Crippen LogP contribution in [0.3, 0.4) is 0 Å². The fraction of sp³-hybridized carbons (Fsp3) is 0.833. The van der Waals surface area contributed by atoms with Gasteiger partial charge in [-0.05, 0) is 18.8 Å². The third-order valence-corrected chi connectivity index (χ3v) is 3.95. The van der Waals surface area contributed by atoms with Crippen molar-refractivity contribution in [3.63, 3.8) is 0 Å². The number of carbonyl (C=O) groups excluding carboxylic acids is 2. The van der Waals surface area contributed by atoms with Crippen LogP contribution in [0.1, 0.15) is 12.8 Å². The van der Waals surface area contributed by atoms with E-state index in [0.717, 1.165) is 39.3 Å². The van der Waals surface area contributed by atoms with E-state index in [4.69, 9.17) is 4.74 Å². The molecule has 18 heavy (non-hydrogen) atoms. The van der Waals surface area contributed by atoms with Crippen LogP contribution in [0.2, 0.25) is 0 Å². The number of rotatable bonds is 3. The summed E-state index contributed by atoms with van der Waals surface area (Å²) in [5.74, 6) is 0.522. The van der Waals surface area contributed by atoms with E-state index < -0.39 is 0 Å². The number of nitrogens with zero attached hydrogens (tertiary/aromatic N) is 2. The summed E-state index contributed by atoms with van der Waals surface area (Å²) in [6.07, 6.45) is 2.37. The molecule has 3 fully saturated rings. The van der Waals surface area contributed by atoms with Crippen molar-refractivity contribution < 1.29 is 14.3 Å². The van der Waals surface area contributed by atoms with Crippen LogP contribution in [0.5, 0.6) is 0 Å². The molecule has 3 aliphatic rings. The van der Waals surface area contributed by atoms with Crippen molar-refractivity contribution in [1.29, 1.82) is 0 Å². The lowest BCUT2D eigenvalue weighted by Crippen LogP contribution is -2.61. The lowest BCUT2D eigenvalue weighted by molar-refractivity contribution is -0.129. The van der Waals surface area contributed by atoms with Crippen LogP contribution >= 0.6 is 0 Å². The zero-order valence-electron chi connectivity index (χ0n) is 10.4. The third kappa shape index (κ3) is 2.22. The van der Waals surface area contributed by atoms with E-state index in [2.05, 4.69) is 10.2 Å². The summed E-state index contributed by atoms with van der Waals surface area (Å²) in [5, 5.41) is 2.56. The van der Waals surface area contributed by atoms with Crippen LogP contribution in [-0.4, -0.2) is 67.2 Å². The Hall–Kier alpha value is -1.14. The number of hydrogen-bond acceptors (Lipinski definition) is 4. The van der Waals surface area contributed by atoms with Gasteiger partial charge in [-0.2, -0.15) is 0 Å². The first-order chi connectivity index (χ1) is 8.74. The summed E-state index contributed by atoms with van der Waals surface area (Å²) in [5.41, 5.74) is 0. The number of urea groups is 1. The monoisotopic (exact) mass is 253 g/mol. The molecule has 3 aliphatic heterocycles. The Balaban J connectivity index is 1.45. The zero-order valence-corrected chi connectivity index (χ0v) is 10.4. The molecule has 0 radical (unpaired) electrons. The maximum Gasteiger partial charge on any atom is 0.324 e. The summed E-state index contributed by atoms with van der Waals surface area (Å²) >= 11 is 0. The van der Waals surface area contributed by atoms with E-state index in [0.29, 0.717) is 5.92 Å². The maximum atomic E-state index is 11.5. The average Bonchev–Trinajstić information content (AvgIpc) is 2.65. The molecule has 0 spiro atoms. The highest BCUT2D eigenvalue weighted by Gasteiger charge is 2.41. The lowest BCUT2D eigenvalue weighted by Gasteiger charge is -2.44.